The number of nitrogen functional groups attached to an aromatic ring is 2. The van der Waals surface area contributed by atoms with Crippen LogP contribution in [0, 0.1) is 11.3 Å². The first-order valence-electron chi connectivity index (χ1n) is 10.0. The molecule has 0 spiro atoms. The summed E-state index contributed by atoms with van der Waals surface area (Å²) in [4.78, 5) is 38.0. The lowest BCUT2D eigenvalue weighted by atomic mass is 10.1. The second-order valence-corrected chi connectivity index (χ2v) is 8.26. The van der Waals surface area contributed by atoms with Crippen molar-refractivity contribution in [2.45, 2.75) is 13.0 Å². The predicted octanol–water partition coefficient (Wildman–Crippen LogP) is 2.79. The molecular formula is C22H17Cl2N9O2. The van der Waals surface area contributed by atoms with E-state index in [9.17, 15) is 14.9 Å². The lowest BCUT2D eigenvalue weighted by Gasteiger charge is -2.21. The molecule has 1 atom stereocenters. The molecule has 0 radical (unpaired) electrons. The van der Waals surface area contributed by atoms with Gasteiger partial charge in [0.2, 0.25) is 11.9 Å². The number of benzene rings is 2. The molecule has 7 N–H and O–H groups in total. The van der Waals surface area contributed by atoms with Crippen LogP contribution in [0.15, 0.2) is 41.2 Å². The van der Waals surface area contributed by atoms with Crippen LogP contribution < -0.4 is 28.1 Å². The number of carbonyl (C=O) groups is 1. The van der Waals surface area contributed by atoms with Gasteiger partial charge in [-0.05, 0) is 37.3 Å². The smallest absolute Gasteiger partial charge is 0.267 e. The second-order valence-electron chi connectivity index (χ2n) is 7.45. The number of primary amides is 1. The van der Waals surface area contributed by atoms with Gasteiger partial charge in [-0.2, -0.15) is 15.2 Å². The Bertz CT molecular complexity index is 1610. The van der Waals surface area contributed by atoms with Crippen LogP contribution in [-0.2, 0) is 0 Å². The molecule has 1 amide bonds. The summed E-state index contributed by atoms with van der Waals surface area (Å²) in [7, 11) is 0. The van der Waals surface area contributed by atoms with Crippen LogP contribution >= 0.6 is 23.2 Å². The summed E-state index contributed by atoms with van der Waals surface area (Å²) in [6.45, 7) is 1.68. The van der Waals surface area contributed by atoms with Crippen LogP contribution in [0.4, 0.5) is 17.6 Å². The quantitative estimate of drug-likeness (QED) is 0.312. The molecule has 1 unspecified atom stereocenters. The van der Waals surface area contributed by atoms with E-state index in [1.807, 2.05) is 6.07 Å². The molecule has 0 saturated carbocycles. The van der Waals surface area contributed by atoms with E-state index in [0.717, 1.165) is 0 Å². The minimum absolute atomic E-state index is 0.0301. The van der Waals surface area contributed by atoms with Crippen molar-refractivity contribution in [2.75, 3.05) is 16.8 Å². The summed E-state index contributed by atoms with van der Waals surface area (Å²) in [5.41, 5.74) is 17.0. The van der Waals surface area contributed by atoms with E-state index in [0.29, 0.717) is 5.69 Å². The first kappa shape index (κ1) is 23.7. The SMILES string of the molecule is CC(Nc1nc(N)nc(N)c1C#N)c1nc2c(Cl)ccc(Cl)c2c(=O)n1-c1cccc(C(N)=O)c1. The number of hydrogen-bond acceptors (Lipinski definition) is 9. The van der Waals surface area contributed by atoms with Crippen LogP contribution in [0.2, 0.25) is 10.0 Å². The number of nitriles is 1. The Morgan fingerprint density at radius 2 is 1.86 bits per heavy atom. The monoisotopic (exact) mass is 509 g/mol. The maximum absolute atomic E-state index is 13.7. The van der Waals surface area contributed by atoms with E-state index in [-0.39, 0.29) is 55.5 Å². The van der Waals surface area contributed by atoms with E-state index >= 15 is 0 Å². The average Bonchev–Trinajstić information content (AvgIpc) is 2.80. The molecule has 0 bridgehead atoms. The molecule has 4 aromatic rings. The highest BCUT2D eigenvalue weighted by molar-refractivity contribution is 6.39. The molecular weight excluding hydrogens is 493 g/mol. The van der Waals surface area contributed by atoms with Gasteiger partial charge < -0.3 is 22.5 Å². The van der Waals surface area contributed by atoms with Gasteiger partial charge in [0.05, 0.1) is 32.7 Å². The molecule has 0 aliphatic heterocycles. The summed E-state index contributed by atoms with van der Waals surface area (Å²) in [6.07, 6.45) is 0. The van der Waals surface area contributed by atoms with Gasteiger partial charge in [0.1, 0.15) is 23.3 Å². The molecule has 0 aliphatic rings. The predicted molar refractivity (Wildman–Crippen MR) is 133 cm³/mol. The minimum Gasteiger partial charge on any atom is -0.382 e. The first-order valence-corrected chi connectivity index (χ1v) is 10.8. The fraction of sp³-hybridized carbons (Fsp3) is 0.0909. The van der Waals surface area contributed by atoms with Crippen molar-refractivity contribution in [1.29, 1.82) is 5.26 Å². The maximum atomic E-state index is 13.7. The minimum atomic E-state index is -0.750. The Morgan fingerprint density at radius 1 is 1.14 bits per heavy atom. The van der Waals surface area contributed by atoms with Crippen molar-refractivity contribution in [1.82, 2.24) is 19.5 Å². The van der Waals surface area contributed by atoms with Gasteiger partial charge in [-0.3, -0.25) is 14.2 Å². The summed E-state index contributed by atoms with van der Waals surface area (Å²) in [5.74, 6) is -0.707. The van der Waals surface area contributed by atoms with Crippen LogP contribution in [0.25, 0.3) is 16.6 Å². The lowest BCUT2D eigenvalue weighted by molar-refractivity contribution is 0.1000. The Kier molecular flexibility index (Phi) is 6.17. The van der Waals surface area contributed by atoms with Gasteiger partial charge in [0.25, 0.3) is 5.56 Å². The number of halogens is 2. The topological polar surface area (TPSA) is 192 Å². The Balaban J connectivity index is 2.00. The number of nitrogens with two attached hydrogens (primary N) is 3. The third kappa shape index (κ3) is 4.28. The highest BCUT2D eigenvalue weighted by atomic mass is 35.5. The Morgan fingerprint density at radius 3 is 2.54 bits per heavy atom. The number of rotatable bonds is 5. The van der Waals surface area contributed by atoms with E-state index in [1.165, 1.54) is 28.8 Å². The number of carbonyl (C=O) groups excluding carboxylic acids is 1. The van der Waals surface area contributed by atoms with E-state index in [2.05, 4.69) is 20.3 Å². The van der Waals surface area contributed by atoms with Gasteiger partial charge in [0.15, 0.2) is 5.82 Å². The molecule has 13 heteroatoms. The summed E-state index contributed by atoms with van der Waals surface area (Å²) in [5, 5.41) is 13.0. The van der Waals surface area contributed by atoms with Gasteiger partial charge in [-0.15, -0.1) is 0 Å². The zero-order valence-electron chi connectivity index (χ0n) is 18.1. The van der Waals surface area contributed by atoms with Crippen molar-refractivity contribution >= 4 is 57.6 Å². The number of aromatic nitrogens is 4. The van der Waals surface area contributed by atoms with E-state index in [1.54, 1.807) is 19.1 Å². The number of nitrogens with one attached hydrogen (secondary N) is 1. The number of hydrogen-bond donors (Lipinski definition) is 4. The standard InChI is InChI=1S/C22H17Cl2N9O2/c1-9(29-19-12(8-25)17(26)31-22(28)32-19)20-30-16-14(24)6-5-13(23)15(16)21(35)33(20)11-4-2-3-10(7-11)18(27)34/h2-7,9H,1H3,(H2,27,34)(H5,26,28,29,31,32). The summed E-state index contributed by atoms with van der Waals surface area (Å²) >= 11 is 12.7. The highest BCUT2D eigenvalue weighted by Gasteiger charge is 2.23. The largest absolute Gasteiger partial charge is 0.382 e. The van der Waals surface area contributed by atoms with Gasteiger partial charge in [-0.25, -0.2) is 4.98 Å². The normalized spacial score (nSPS) is 11.7. The molecule has 0 fully saturated rings. The maximum Gasteiger partial charge on any atom is 0.267 e. The summed E-state index contributed by atoms with van der Waals surface area (Å²) < 4.78 is 1.27. The number of nitrogens with zero attached hydrogens (tertiary/aromatic N) is 5. The molecule has 0 aliphatic carbocycles. The molecule has 4 rings (SSSR count). The number of amides is 1. The van der Waals surface area contributed by atoms with Crippen LogP contribution in [0.1, 0.15) is 34.7 Å². The summed E-state index contributed by atoms with van der Waals surface area (Å²) in [6, 6.07) is 10.3. The zero-order chi connectivity index (χ0) is 25.4. The number of fused-ring (bicyclic) bond motifs is 1. The first-order chi connectivity index (χ1) is 16.6. The molecule has 11 nitrogen and oxygen atoms in total. The van der Waals surface area contributed by atoms with Gasteiger partial charge in [0, 0.05) is 5.56 Å². The molecule has 2 aromatic heterocycles. The third-order valence-corrected chi connectivity index (χ3v) is 5.77. The van der Waals surface area contributed by atoms with Crippen molar-refractivity contribution in [2.24, 2.45) is 5.73 Å². The molecule has 2 aromatic carbocycles. The Labute approximate surface area is 208 Å². The molecule has 176 valence electrons. The van der Waals surface area contributed by atoms with Crippen LogP contribution in [0.3, 0.4) is 0 Å². The van der Waals surface area contributed by atoms with E-state index in [4.69, 9.17) is 40.4 Å². The van der Waals surface area contributed by atoms with E-state index < -0.39 is 17.5 Å². The highest BCUT2D eigenvalue weighted by Crippen LogP contribution is 2.30. The molecule has 0 saturated heterocycles. The van der Waals surface area contributed by atoms with Gasteiger partial charge in [-0.1, -0.05) is 29.3 Å². The molecule has 2 heterocycles. The average molecular weight is 510 g/mol. The zero-order valence-corrected chi connectivity index (χ0v) is 19.6. The number of anilines is 3. The fourth-order valence-electron chi connectivity index (χ4n) is 3.55. The lowest BCUT2D eigenvalue weighted by Crippen LogP contribution is -2.28. The van der Waals surface area contributed by atoms with Crippen molar-refractivity contribution in [3.8, 4) is 11.8 Å². The van der Waals surface area contributed by atoms with Crippen molar-refractivity contribution in [3.05, 3.63) is 73.7 Å². The van der Waals surface area contributed by atoms with Crippen LogP contribution in [0.5, 0.6) is 0 Å². The second kappa shape index (κ2) is 9.09. The van der Waals surface area contributed by atoms with Gasteiger partial charge >= 0.3 is 0 Å². The molecule has 35 heavy (non-hydrogen) atoms. The third-order valence-electron chi connectivity index (χ3n) is 5.15. The Hall–Kier alpha value is -4.40. The fourth-order valence-corrected chi connectivity index (χ4v) is 3.99. The van der Waals surface area contributed by atoms with Crippen molar-refractivity contribution in [3.63, 3.8) is 0 Å². The van der Waals surface area contributed by atoms with Crippen LogP contribution in [-0.4, -0.2) is 25.4 Å². The van der Waals surface area contributed by atoms with Crippen molar-refractivity contribution < 1.29 is 4.79 Å².